The number of rotatable bonds is 72. The number of unbranched alkanes of at least 4 members (excludes halogenated alkanes) is 56. The van der Waals surface area contributed by atoms with Crippen LogP contribution in [0.1, 0.15) is 406 Å². The number of nitrogens with zero attached hydrogens (tertiary/aromatic N) is 1. The smallest absolute Gasteiger partial charge is 0.462 e. The average Bonchev–Trinajstić information content (AvgIpc) is 3.50. The summed E-state index contributed by atoms with van der Waals surface area (Å²) in [7, 11) is 1.51. The lowest BCUT2D eigenvalue weighted by molar-refractivity contribution is -0.870. The number of ether oxygens (including phenoxy) is 2. The van der Waals surface area contributed by atoms with E-state index in [1.165, 1.54) is 340 Å². The van der Waals surface area contributed by atoms with Crippen LogP contribution in [0.3, 0.4) is 0 Å². The zero-order valence-corrected chi connectivity index (χ0v) is 58.8. The monoisotopic (exact) mass is 1220 g/mol. The Bertz CT molecular complexity index is 1440. The van der Waals surface area contributed by atoms with Crippen LogP contribution in [-0.4, -0.2) is 74.9 Å². The maximum atomic E-state index is 12.9. The van der Waals surface area contributed by atoms with E-state index >= 15 is 0 Å². The normalized spacial score (nSPS) is 13.1. The summed E-state index contributed by atoms with van der Waals surface area (Å²) < 4.78 is 34.8. The Morgan fingerprint density at radius 2 is 0.600 bits per heavy atom. The quantitative estimate of drug-likeness (QED) is 0.0211. The van der Waals surface area contributed by atoms with Crippen molar-refractivity contribution in [3.05, 3.63) is 12.2 Å². The molecule has 506 valence electrons. The predicted octanol–water partition coefficient (Wildman–Crippen LogP) is 24.7. The third-order valence-corrected chi connectivity index (χ3v) is 18.5. The molecule has 0 heterocycles. The second-order valence-electron chi connectivity index (χ2n) is 27.4. The predicted molar refractivity (Wildman–Crippen MR) is 368 cm³/mol. The van der Waals surface area contributed by atoms with Crippen LogP contribution in [-0.2, 0) is 32.7 Å². The Morgan fingerprint density at radius 3 is 0.871 bits per heavy atom. The van der Waals surface area contributed by atoms with Crippen LogP contribution in [0.15, 0.2) is 12.2 Å². The van der Waals surface area contributed by atoms with E-state index in [2.05, 4.69) is 26.0 Å². The molecule has 9 nitrogen and oxygen atoms in total. The molecule has 0 radical (unpaired) electrons. The Balaban J connectivity index is 3.93. The van der Waals surface area contributed by atoms with Gasteiger partial charge in [-0.2, -0.15) is 0 Å². The number of likely N-dealkylation sites (N-methyl/N-ethyl adjacent to an activating group) is 1. The summed E-state index contributed by atoms with van der Waals surface area (Å²) >= 11 is 0. The highest BCUT2D eigenvalue weighted by Gasteiger charge is 2.27. The van der Waals surface area contributed by atoms with Gasteiger partial charge in [0.05, 0.1) is 27.7 Å². The summed E-state index contributed by atoms with van der Waals surface area (Å²) in [5.74, 6) is -0.768. The molecule has 0 aliphatic rings. The third kappa shape index (κ3) is 71.7. The lowest BCUT2D eigenvalue weighted by atomic mass is 10.0. The maximum Gasteiger partial charge on any atom is 0.472 e. The van der Waals surface area contributed by atoms with E-state index in [1.54, 1.807) is 0 Å². The minimum Gasteiger partial charge on any atom is -0.462 e. The molecule has 0 saturated heterocycles. The Hall–Kier alpha value is -1.25. The Labute approximate surface area is 530 Å². The van der Waals surface area contributed by atoms with E-state index in [0.29, 0.717) is 17.4 Å². The van der Waals surface area contributed by atoms with E-state index in [9.17, 15) is 19.0 Å². The van der Waals surface area contributed by atoms with Crippen LogP contribution in [0, 0.1) is 0 Å². The fraction of sp³-hybridized carbons (Fsp3) is 0.947. The number of quaternary nitrogens is 1. The van der Waals surface area contributed by atoms with Crippen molar-refractivity contribution in [2.75, 3.05) is 47.5 Å². The summed E-state index contributed by atoms with van der Waals surface area (Å²) in [4.78, 5) is 35.9. The van der Waals surface area contributed by atoms with E-state index in [1.807, 2.05) is 21.1 Å². The molecular weight excluding hydrogens is 1070 g/mol. The van der Waals surface area contributed by atoms with Gasteiger partial charge in [-0.25, -0.2) is 4.57 Å². The Morgan fingerprint density at radius 1 is 0.353 bits per heavy atom. The van der Waals surface area contributed by atoms with Crippen molar-refractivity contribution in [3.8, 4) is 0 Å². The molecule has 0 aliphatic heterocycles. The van der Waals surface area contributed by atoms with Gasteiger partial charge >= 0.3 is 19.8 Å². The summed E-state index contributed by atoms with van der Waals surface area (Å²) in [5, 5.41) is 0. The zero-order chi connectivity index (χ0) is 61.9. The van der Waals surface area contributed by atoms with Crippen molar-refractivity contribution in [2.45, 2.75) is 412 Å². The first-order valence-corrected chi connectivity index (χ1v) is 39.4. The molecular formula is C75H149NO8P+. The van der Waals surface area contributed by atoms with Gasteiger partial charge in [-0.3, -0.25) is 18.6 Å². The van der Waals surface area contributed by atoms with Gasteiger partial charge in [-0.15, -0.1) is 0 Å². The topological polar surface area (TPSA) is 108 Å². The largest absolute Gasteiger partial charge is 0.472 e. The first kappa shape index (κ1) is 83.8. The molecule has 0 amide bonds. The first-order chi connectivity index (χ1) is 41.5. The first-order valence-electron chi connectivity index (χ1n) is 37.9. The standard InChI is InChI=1S/C75H148NO8P/c1-6-8-10-12-14-16-18-20-22-24-26-28-30-32-34-36-38-40-42-44-46-48-50-52-54-56-58-60-62-64-66-68-75(78)84-73(72-83-85(79,80)82-70-69-76(3,4)5)71-81-74(77)67-65-63-61-59-57-55-53-51-49-47-45-43-41-39-37-35-33-31-29-27-25-23-21-19-17-15-13-11-9-7-2/h24,26,73H,6-23,25,27-72H2,1-5H3/p+1/b26-24-. The minimum absolute atomic E-state index is 0.0367. The van der Waals surface area contributed by atoms with Gasteiger partial charge in [-0.1, -0.05) is 366 Å². The van der Waals surface area contributed by atoms with Gasteiger partial charge in [0, 0.05) is 12.8 Å². The summed E-state index contributed by atoms with van der Waals surface area (Å²) in [5.41, 5.74) is 0. The lowest BCUT2D eigenvalue weighted by Gasteiger charge is -2.24. The summed E-state index contributed by atoms with van der Waals surface area (Å²) in [6.07, 6.45) is 83.5. The van der Waals surface area contributed by atoms with Gasteiger partial charge in [0.1, 0.15) is 19.8 Å². The summed E-state index contributed by atoms with van der Waals surface area (Å²) in [6.45, 7) is 4.53. The molecule has 0 bridgehead atoms. The van der Waals surface area contributed by atoms with Gasteiger partial charge in [-0.05, 0) is 38.5 Å². The second-order valence-corrected chi connectivity index (χ2v) is 28.9. The SMILES string of the molecule is CCCCCCCCCC/C=C\CCCCCCCCCCCCCCCCCCCCCC(=O)OC(COC(=O)CCCCCCCCCCCCCCCCCCCCCCCCCCCCCCCC)COP(=O)(O)OCC[N+](C)(C)C. The number of carbonyl (C=O) groups excluding carboxylic acids is 2. The number of phosphoric acid groups is 1. The van der Waals surface area contributed by atoms with E-state index in [-0.39, 0.29) is 25.6 Å². The van der Waals surface area contributed by atoms with Crippen molar-refractivity contribution in [1.29, 1.82) is 0 Å². The number of hydrogen-bond acceptors (Lipinski definition) is 7. The molecule has 0 aromatic heterocycles. The van der Waals surface area contributed by atoms with E-state index in [0.717, 1.165) is 38.5 Å². The molecule has 0 rings (SSSR count). The highest BCUT2D eigenvalue weighted by atomic mass is 31.2. The number of phosphoric ester groups is 1. The molecule has 0 aromatic carbocycles. The summed E-state index contributed by atoms with van der Waals surface area (Å²) in [6, 6.07) is 0. The van der Waals surface area contributed by atoms with Crippen molar-refractivity contribution in [3.63, 3.8) is 0 Å². The number of carbonyl (C=O) groups is 2. The van der Waals surface area contributed by atoms with Crippen LogP contribution >= 0.6 is 7.82 Å². The molecule has 2 atom stereocenters. The van der Waals surface area contributed by atoms with Gasteiger partial charge in [0.15, 0.2) is 6.10 Å². The molecule has 10 heteroatoms. The minimum atomic E-state index is -4.39. The molecule has 0 spiro atoms. The van der Waals surface area contributed by atoms with Crippen molar-refractivity contribution in [1.82, 2.24) is 0 Å². The number of allylic oxidation sites excluding steroid dienone is 2. The third-order valence-electron chi connectivity index (χ3n) is 17.5. The van der Waals surface area contributed by atoms with Crippen LogP contribution in [0.5, 0.6) is 0 Å². The average molecular weight is 1220 g/mol. The molecule has 0 aliphatic carbocycles. The Kier molecular flexibility index (Phi) is 66.2. The van der Waals surface area contributed by atoms with Crippen LogP contribution in [0.25, 0.3) is 0 Å². The maximum absolute atomic E-state index is 12.9. The number of esters is 2. The lowest BCUT2D eigenvalue weighted by Crippen LogP contribution is -2.37. The van der Waals surface area contributed by atoms with Crippen LogP contribution < -0.4 is 0 Å². The molecule has 0 fully saturated rings. The fourth-order valence-electron chi connectivity index (χ4n) is 11.7. The van der Waals surface area contributed by atoms with Crippen molar-refractivity contribution >= 4 is 19.8 Å². The zero-order valence-electron chi connectivity index (χ0n) is 57.9. The second kappa shape index (κ2) is 67.2. The van der Waals surface area contributed by atoms with E-state index in [4.69, 9.17) is 18.5 Å². The highest BCUT2D eigenvalue weighted by molar-refractivity contribution is 7.47. The van der Waals surface area contributed by atoms with Crippen molar-refractivity contribution in [2.24, 2.45) is 0 Å². The number of hydrogen-bond donors (Lipinski definition) is 1. The molecule has 85 heavy (non-hydrogen) atoms. The van der Waals surface area contributed by atoms with Crippen LogP contribution in [0.2, 0.25) is 0 Å². The van der Waals surface area contributed by atoms with Gasteiger partial charge < -0.3 is 18.9 Å². The van der Waals surface area contributed by atoms with Gasteiger partial charge in [0.25, 0.3) is 0 Å². The molecule has 2 unspecified atom stereocenters. The van der Waals surface area contributed by atoms with E-state index < -0.39 is 26.5 Å². The molecule has 0 saturated carbocycles. The van der Waals surface area contributed by atoms with Gasteiger partial charge in [0.2, 0.25) is 0 Å². The fourth-order valence-corrected chi connectivity index (χ4v) is 12.5. The molecule has 0 aromatic rings. The van der Waals surface area contributed by atoms with Crippen molar-refractivity contribution < 1.29 is 42.1 Å². The highest BCUT2D eigenvalue weighted by Crippen LogP contribution is 2.43. The molecule has 1 N–H and O–H groups in total. The van der Waals surface area contributed by atoms with Crippen LogP contribution in [0.4, 0.5) is 0 Å².